The van der Waals surface area contributed by atoms with Gasteiger partial charge in [-0.05, 0) is 36.4 Å². The standard InChI is InChI=1S/C16H16FN3O4S/c1-20(25(23,24)14-9-7-13(17)8-10-14)11-15(21)18-19-16(22)12-5-3-2-4-6-12/h2-10H,11H2,1H3,(H,18,21)(H,19,22). The number of benzene rings is 2. The van der Waals surface area contributed by atoms with Gasteiger partial charge < -0.3 is 0 Å². The van der Waals surface area contributed by atoms with Crippen LogP contribution in [0.3, 0.4) is 0 Å². The van der Waals surface area contributed by atoms with Crippen molar-refractivity contribution in [3.63, 3.8) is 0 Å². The number of hydrogen-bond acceptors (Lipinski definition) is 4. The van der Waals surface area contributed by atoms with Gasteiger partial charge in [-0.2, -0.15) is 4.31 Å². The quantitative estimate of drug-likeness (QED) is 0.770. The summed E-state index contributed by atoms with van der Waals surface area (Å²) >= 11 is 0. The number of sulfonamides is 1. The number of likely N-dealkylation sites (N-methyl/N-ethyl adjacent to an activating group) is 1. The number of nitrogens with zero attached hydrogens (tertiary/aromatic N) is 1. The average Bonchev–Trinajstić information content (AvgIpc) is 2.60. The lowest BCUT2D eigenvalue weighted by molar-refractivity contribution is -0.121. The molecule has 2 aromatic rings. The molecule has 0 unspecified atom stereocenters. The summed E-state index contributed by atoms with van der Waals surface area (Å²) in [4.78, 5) is 23.5. The fourth-order valence-electron chi connectivity index (χ4n) is 1.90. The molecule has 0 aromatic heterocycles. The second kappa shape index (κ2) is 7.86. The van der Waals surface area contributed by atoms with Crippen LogP contribution in [0.2, 0.25) is 0 Å². The van der Waals surface area contributed by atoms with Crippen LogP contribution in [0.25, 0.3) is 0 Å². The largest absolute Gasteiger partial charge is 0.272 e. The van der Waals surface area contributed by atoms with E-state index >= 15 is 0 Å². The van der Waals surface area contributed by atoms with Crippen LogP contribution in [-0.4, -0.2) is 38.1 Å². The molecule has 0 aliphatic carbocycles. The molecule has 0 saturated heterocycles. The van der Waals surface area contributed by atoms with E-state index in [2.05, 4.69) is 10.9 Å². The van der Waals surface area contributed by atoms with Crippen molar-refractivity contribution in [3.05, 3.63) is 66.0 Å². The molecule has 2 rings (SSSR count). The van der Waals surface area contributed by atoms with Crippen molar-refractivity contribution in [2.75, 3.05) is 13.6 Å². The lowest BCUT2D eigenvalue weighted by Gasteiger charge is -2.17. The van der Waals surface area contributed by atoms with E-state index in [-0.39, 0.29) is 4.90 Å². The number of amides is 2. The minimum atomic E-state index is -3.95. The maximum Gasteiger partial charge on any atom is 0.269 e. The van der Waals surface area contributed by atoms with Crippen LogP contribution in [0.5, 0.6) is 0 Å². The van der Waals surface area contributed by atoms with E-state index in [9.17, 15) is 22.4 Å². The van der Waals surface area contributed by atoms with Crippen LogP contribution in [0.4, 0.5) is 4.39 Å². The molecule has 0 fully saturated rings. The summed E-state index contributed by atoms with van der Waals surface area (Å²) in [5.74, 6) is -1.82. The minimum Gasteiger partial charge on any atom is -0.272 e. The minimum absolute atomic E-state index is 0.141. The topological polar surface area (TPSA) is 95.6 Å². The van der Waals surface area contributed by atoms with Crippen molar-refractivity contribution in [2.24, 2.45) is 0 Å². The molecule has 0 spiro atoms. The van der Waals surface area contributed by atoms with Crippen LogP contribution in [-0.2, 0) is 14.8 Å². The molecule has 2 N–H and O–H groups in total. The third kappa shape index (κ3) is 4.85. The number of hydrogen-bond donors (Lipinski definition) is 2. The fourth-order valence-corrected chi connectivity index (χ4v) is 3.03. The monoisotopic (exact) mass is 365 g/mol. The van der Waals surface area contributed by atoms with Crippen molar-refractivity contribution in [1.82, 2.24) is 15.2 Å². The van der Waals surface area contributed by atoms with E-state index in [0.29, 0.717) is 5.56 Å². The number of carbonyl (C=O) groups is 2. The molecule has 25 heavy (non-hydrogen) atoms. The van der Waals surface area contributed by atoms with Gasteiger partial charge in [0.25, 0.3) is 11.8 Å². The number of hydrazine groups is 1. The van der Waals surface area contributed by atoms with Gasteiger partial charge in [-0.1, -0.05) is 18.2 Å². The zero-order chi connectivity index (χ0) is 18.4. The van der Waals surface area contributed by atoms with Crippen molar-refractivity contribution in [1.29, 1.82) is 0 Å². The van der Waals surface area contributed by atoms with Crippen molar-refractivity contribution in [3.8, 4) is 0 Å². The first kappa shape index (κ1) is 18.6. The number of halogens is 1. The van der Waals surface area contributed by atoms with Gasteiger partial charge in [0.15, 0.2) is 0 Å². The Balaban J connectivity index is 1.93. The second-order valence-electron chi connectivity index (χ2n) is 5.08. The van der Waals surface area contributed by atoms with Gasteiger partial charge in [0, 0.05) is 12.6 Å². The Morgan fingerprint density at radius 3 is 2.20 bits per heavy atom. The van der Waals surface area contributed by atoms with Gasteiger partial charge in [0.1, 0.15) is 5.82 Å². The van der Waals surface area contributed by atoms with Gasteiger partial charge in [0.05, 0.1) is 11.4 Å². The van der Waals surface area contributed by atoms with Gasteiger partial charge in [-0.15, -0.1) is 0 Å². The van der Waals surface area contributed by atoms with E-state index in [1.54, 1.807) is 30.3 Å². The summed E-state index contributed by atoms with van der Waals surface area (Å²) < 4.78 is 38.2. The molecule has 2 amide bonds. The molecule has 0 aliphatic rings. The molecule has 9 heteroatoms. The highest BCUT2D eigenvalue weighted by Crippen LogP contribution is 2.14. The Hall–Kier alpha value is -2.78. The molecule has 0 bridgehead atoms. The van der Waals surface area contributed by atoms with Crippen LogP contribution in [0.15, 0.2) is 59.5 Å². The van der Waals surface area contributed by atoms with Crippen molar-refractivity contribution >= 4 is 21.8 Å². The van der Waals surface area contributed by atoms with E-state index < -0.39 is 34.2 Å². The summed E-state index contributed by atoms with van der Waals surface area (Å²) in [6.45, 7) is -0.519. The Kier molecular flexibility index (Phi) is 5.84. The summed E-state index contributed by atoms with van der Waals surface area (Å²) in [7, 11) is -2.74. The van der Waals surface area contributed by atoms with Crippen LogP contribution >= 0.6 is 0 Å². The molecular formula is C16H16FN3O4S. The van der Waals surface area contributed by atoms with Gasteiger partial charge in [0.2, 0.25) is 10.0 Å². The number of rotatable bonds is 5. The molecule has 132 valence electrons. The third-order valence-electron chi connectivity index (χ3n) is 3.24. The van der Waals surface area contributed by atoms with E-state index in [0.717, 1.165) is 28.6 Å². The predicted octanol–water partition coefficient (Wildman–Crippen LogP) is 0.907. The molecule has 0 saturated carbocycles. The number of carbonyl (C=O) groups excluding carboxylic acids is 2. The van der Waals surface area contributed by atoms with E-state index in [1.807, 2.05) is 0 Å². The Morgan fingerprint density at radius 1 is 1.00 bits per heavy atom. The summed E-state index contributed by atoms with van der Waals surface area (Å²) in [6.07, 6.45) is 0. The average molecular weight is 365 g/mol. The van der Waals surface area contributed by atoms with Gasteiger partial charge in [-0.3, -0.25) is 20.4 Å². The van der Waals surface area contributed by atoms with Gasteiger partial charge >= 0.3 is 0 Å². The summed E-state index contributed by atoms with van der Waals surface area (Å²) in [6, 6.07) is 12.4. The molecule has 0 aliphatic heterocycles. The Bertz CT molecular complexity index is 855. The normalized spacial score (nSPS) is 11.2. The highest BCUT2D eigenvalue weighted by Gasteiger charge is 2.23. The van der Waals surface area contributed by atoms with Gasteiger partial charge in [-0.25, -0.2) is 12.8 Å². The molecular weight excluding hydrogens is 349 g/mol. The third-order valence-corrected chi connectivity index (χ3v) is 5.06. The lowest BCUT2D eigenvalue weighted by Crippen LogP contribution is -2.46. The molecule has 7 nitrogen and oxygen atoms in total. The second-order valence-corrected chi connectivity index (χ2v) is 7.13. The van der Waals surface area contributed by atoms with Crippen LogP contribution in [0, 0.1) is 5.82 Å². The first-order valence-electron chi connectivity index (χ1n) is 7.17. The summed E-state index contributed by atoms with van der Waals surface area (Å²) in [5.41, 5.74) is 4.68. The van der Waals surface area contributed by atoms with Crippen LogP contribution < -0.4 is 10.9 Å². The molecule has 0 radical (unpaired) electrons. The fraction of sp³-hybridized carbons (Fsp3) is 0.125. The predicted molar refractivity (Wildman–Crippen MR) is 88.3 cm³/mol. The first-order valence-corrected chi connectivity index (χ1v) is 8.61. The Labute approximate surface area is 144 Å². The zero-order valence-corrected chi connectivity index (χ0v) is 14.1. The van der Waals surface area contributed by atoms with Crippen LogP contribution in [0.1, 0.15) is 10.4 Å². The molecule has 0 atom stereocenters. The van der Waals surface area contributed by atoms with Crippen molar-refractivity contribution < 1.29 is 22.4 Å². The molecule has 2 aromatic carbocycles. The van der Waals surface area contributed by atoms with E-state index in [1.165, 1.54) is 7.05 Å². The summed E-state index contributed by atoms with van der Waals surface area (Å²) in [5, 5.41) is 0. The zero-order valence-electron chi connectivity index (χ0n) is 13.3. The lowest BCUT2D eigenvalue weighted by atomic mass is 10.2. The smallest absolute Gasteiger partial charge is 0.269 e. The maximum absolute atomic E-state index is 12.9. The number of nitrogens with one attached hydrogen (secondary N) is 2. The van der Waals surface area contributed by atoms with E-state index in [4.69, 9.17) is 0 Å². The maximum atomic E-state index is 12.9. The first-order chi connectivity index (χ1) is 11.8. The SMILES string of the molecule is CN(CC(=O)NNC(=O)c1ccccc1)S(=O)(=O)c1ccc(F)cc1. The highest BCUT2D eigenvalue weighted by atomic mass is 32.2. The highest BCUT2D eigenvalue weighted by molar-refractivity contribution is 7.89. The Morgan fingerprint density at radius 2 is 1.60 bits per heavy atom. The molecule has 0 heterocycles. The van der Waals surface area contributed by atoms with Crippen molar-refractivity contribution in [2.45, 2.75) is 4.90 Å².